The fraction of sp³-hybridized carbons (Fsp3) is 0.500. The highest BCUT2D eigenvalue weighted by Gasteiger charge is 2.46. The topological polar surface area (TPSA) is 119 Å². The van der Waals surface area contributed by atoms with E-state index in [0.717, 1.165) is 11.1 Å². The second-order valence-electron chi connectivity index (χ2n) is 9.38. The smallest absolute Gasteiger partial charge is 0.244 e. The summed E-state index contributed by atoms with van der Waals surface area (Å²) >= 11 is 0. The highest BCUT2D eigenvalue weighted by molar-refractivity contribution is 7.89. The first-order valence-corrected chi connectivity index (χ1v) is 12.7. The molecule has 1 heterocycles. The van der Waals surface area contributed by atoms with Crippen LogP contribution in [0.1, 0.15) is 24.0 Å². The van der Waals surface area contributed by atoms with Crippen LogP contribution in [0.15, 0.2) is 53.4 Å². The second-order valence-corrected chi connectivity index (χ2v) is 11.1. The number of aryl methyl sites for hydroxylation is 1. The van der Waals surface area contributed by atoms with Gasteiger partial charge in [0.15, 0.2) is 0 Å². The molecule has 1 fully saturated rings. The Kier molecular flexibility index (Phi) is 7.09. The molecule has 1 unspecified atom stereocenters. The lowest BCUT2D eigenvalue weighted by atomic mass is 9.85. The summed E-state index contributed by atoms with van der Waals surface area (Å²) in [4.78, 5) is 2.06. The van der Waals surface area contributed by atoms with Crippen molar-refractivity contribution >= 4 is 10.0 Å². The van der Waals surface area contributed by atoms with Crippen molar-refractivity contribution in [3.05, 3.63) is 59.7 Å². The van der Waals surface area contributed by atoms with Gasteiger partial charge >= 0.3 is 0 Å². The third-order valence-corrected chi connectivity index (χ3v) is 8.06. The first-order chi connectivity index (χ1) is 15.7. The summed E-state index contributed by atoms with van der Waals surface area (Å²) < 4.78 is 34.3. The highest BCUT2D eigenvalue weighted by Crippen LogP contribution is 2.41. The third kappa shape index (κ3) is 5.56. The molecule has 0 aromatic heterocycles. The molecule has 33 heavy (non-hydrogen) atoms. The van der Waals surface area contributed by atoms with Gasteiger partial charge in [0.2, 0.25) is 10.0 Å². The zero-order valence-corrected chi connectivity index (χ0v) is 19.5. The number of aliphatic hydroxyl groups excluding tert-OH is 3. The molecule has 180 valence electrons. The van der Waals surface area contributed by atoms with Gasteiger partial charge in [-0.15, -0.1) is 0 Å². The standard InChI is InChI=1S/C24H32N2O6S/c1-17-6-2-3-7-18(17)13-26-14-19(27)12-25-33(30,31)23-9-5-4-8-22(23)32-16-24(15-26)10-20(28)21(29)11-24/h2-9,19-21,25,27-29H,10-16H2,1H3/t19-,20-,21+,24?/m0/s1. The van der Waals surface area contributed by atoms with Crippen molar-refractivity contribution in [3.8, 4) is 5.75 Å². The van der Waals surface area contributed by atoms with Crippen LogP contribution in [0.25, 0.3) is 0 Å². The maximum Gasteiger partial charge on any atom is 0.244 e. The summed E-state index contributed by atoms with van der Waals surface area (Å²) in [6, 6.07) is 14.4. The molecule has 1 aliphatic carbocycles. The van der Waals surface area contributed by atoms with Crippen molar-refractivity contribution in [1.29, 1.82) is 0 Å². The number of hydrogen-bond donors (Lipinski definition) is 4. The van der Waals surface area contributed by atoms with Crippen LogP contribution in [-0.4, -0.2) is 73.2 Å². The molecular formula is C24H32N2O6S. The van der Waals surface area contributed by atoms with E-state index in [2.05, 4.69) is 9.62 Å². The molecule has 0 radical (unpaired) electrons. The number of ether oxygens (including phenoxy) is 1. The largest absolute Gasteiger partial charge is 0.492 e. The second kappa shape index (κ2) is 9.69. The lowest BCUT2D eigenvalue weighted by molar-refractivity contribution is 0.0426. The summed E-state index contributed by atoms with van der Waals surface area (Å²) in [6.07, 6.45) is -2.06. The van der Waals surface area contributed by atoms with Crippen molar-refractivity contribution in [1.82, 2.24) is 9.62 Å². The molecule has 2 aliphatic rings. The van der Waals surface area contributed by atoms with Gasteiger partial charge in [-0.1, -0.05) is 36.4 Å². The molecule has 1 saturated carbocycles. The maximum absolute atomic E-state index is 12.9. The van der Waals surface area contributed by atoms with Gasteiger partial charge < -0.3 is 20.1 Å². The Labute approximate surface area is 194 Å². The Balaban J connectivity index is 1.69. The molecule has 1 spiro atoms. The van der Waals surface area contributed by atoms with Gasteiger partial charge in [-0.2, -0.15) is 0 Å². The zero-order chi connectivity index (χ0) is 23.6. The van der Waals surface area contributed by atoms with Crippen LogP contribution in [0.2, 0.25) is 0 Å². The molecule has 0 bridgehead atoms. The predicted molar refractivity (Wildman–Crippen MR) is 123 cm³/mol. The molecule has 4 rings (SSSR count). The van der Waals surface area contributed by atoms with E-state index in [1.807, 2.05) is 31.2 Å². The predicted octanol–water partition coefficient (Wildman–Crippen LogP) is 1.03. The summed E-state index contributed by atoms with van der Waals surface area (Å²) in [5.41, 5.74) is 1.60. The van der Waals surface area contributed by atoms with Crippen LogP contribution in [-0.2, 0) is 16.6 Å². The Morgan fingerprint density at radius 3 is 2.45 bits per heavy atom. The number of sulfonamides is 1. The fourth-order valence-corrected chi connectivity index (χ4v) is 6.11. The Morgan fingerprint density at radius 1 is 1.06 bits per heavy atom. The quantitative estimate of drug-likeness (QED) is 0.511. The van der Waals surface area contributed by atoms with Crippen LogP contribution in [0.5, 0.6) is 5.75 Å². The minimum atomic E-state index is -3.89. The maximum atomic E-state index is 12.9. The lowest BCUT2D eigenvalue weighted by Crippen LogP contribution is -2.46. The average Bonchev–Trinajstić information content (AvgIpc) is 3.05. The van der Waals surface area contributed by atoms with Crippen LogP contribution in [0.4, 0.5) is 0 Å². The van der Waals surface area contributed by atoms with Gasteiger partial charge in [0, 0.05) is 31.6 Å². The SMILES string of the molecule is Cc1ccccc1CN1C[C@@H](O)CNS(=O)(=O)c2ccccc2OCC2(C[C@@H](O)[C@@H](O)C2)C1. The van der Waals surface area contributed by atoms with Crippen molar-refractivity contribution in [3.63, 3.8) is 0 Å². The van der Waals surface area contributed by atoms with E-state index in [4.69, 9.17) is 4.74 Å². The van der Waals surface area contributed by atoms with Crippen LogP contribution in [0, 0.1) is 12.3 Å². The molecule has 0 amide bonds. The van der Waals surface area contributed by atoms with E-state index in [1.54, 1.807) is 18.2 Å². The Hall–Kier alpha value is -2.01. The average molecular weight is 477 g/mol. The minimum Gasteiger partial charge on any atom is -0.492 e. The van der Waals surface area contributed by atoms with Gasteiger partial charge in [-0.05, 0) is 43.0 Å². The number of rotatable bonds is 2. The van der Waals surface area contributed by atoms with E-state index in [-0.39, 0.29) is 30.3 Å². The van der Waals surface area contributed by atoms with E-state index in [0.29, 0.717) is 25.9 Å². The molecule has 9 heteroatoms. The van der Waals surface area contributed by atoms with Crippen molar-refractivity contribution in [2.75, 3.05) is 26.2 Å². The number of fused-ring (bicyclic) bond motifs is 1. The van der Waals surface area contributed by atoms with Crippen molar-refractivity contribution in [2.45, 2.75) is 49.5 Å². The van der Waals surface area contributed by atoms with Crippen LogP contribution >= 0.6 is 0 Å². The number of para-hydroxylation sites is 1. The van der Waals surface area contributed by atoms with Gasteiger partial charge in [-0.25, -0.2) is 13.1 Å². The molecule has 1 aliphatic heterocycles. The number of aliphatic hydroxyl groups is 3. The zero-order valence-electron chi connectivity index (χ0n) is 18.7. The van der Waals surface area contributed by atoms with Crippen LogP contribution in [0.3, 0.4) is 0 Å². The number of hydrogen-bond acceptors (Lipinski definition) is 7. The van der Waals surface area contributed by atoms with E-state index in [9.17, 15) is 23.7 Å². The summed E-state index contributed by atoms with van der Waals surface area (Å²) in [5.74, 6) is 0.209. The van der Waals surface area contributed by atoms with Crippen LogP contribution < -0.4 is 9.46 Å². The third-order valence-electron chi connectivity index (χ3n) is 6.59. The van der Waals surface area contributed by atoms with Gasteiger partial charge in [0.1, 0.15) is 10.6 Å². The molecule has 4 N–H and O–H groups in total. The summed E-state index contributed by atoms with van der Waals surface area (Å²) in [5, 5.41) is 31.5. The Bertz CT molecular complexity index is 1070. The Morgan fingerprint density at radius 2 is 1.73 bits per heavy atom. The fourth-order valence-electron chi connectivity index (χ4n) is 4.89. The first kappa shape index (κ1) is 24.1. The molecule has 4 atom stereocenters. The van der Waals surface area contributed by atoms with E-state index >= 15 is 0 Å². The summed E-state index contributed by atoms with van der Waals surface area (Å²) in [6.45, 7) is 3.26. The first-order valence-electron chi connectivity index (χ1n) is 11.2. The monoisotopic (exact) mass is 476 g/mol. The summed E-state index contributed by atoms with van der Waals surface area (Å²) in [7, 11) is -3.89. The van der Waals surface area contributed by atoms with E-state index in [1.165, 1.54) is 6.07 Å². The van der Waals surface area contributed by atoms with Crippen molar-refractivity contribution < 1.29 is 28.5 Å². The molecular weight excluding hydrogens is 444 g/mol. The van der Waals surface area contributed by atoms with Gasteiger partial charge in [0.05, 0.1) is 24.9 Å². The molecule has 2 aromatic rings. The van der Waals surface area contributed by atoms with E-state index < -0.39 is 33.8 Å². The molecule has 2 aromatic carbocycles. The number of benzene rings is 2. The van der Waals surface area contributed by atoms with Gasteiger partial charge in [-0.3, -0.25) is 4.90 Å². The molecule has 0 saturated heterocycles. The highest BCUT2D eigenvalue weighted by atomic mass is 32.2. The molecule has 8 nitrogen and oxygen atoms in total. The lowest BCUT2D eigenvalue weighted by Gasteiger charge is -2.37. The van der Waals surface area contributed by atoms with Gasteiger partial charge in [0.25, 0.3) is 0 Å². The number of nitrogens with one attached hydrogen (secondary N) is 1. The number of nitrogens with zero attached hydrogens (tertiary/aromatic N) is 1. The number of β-amino-alcohol motifs (C(OH)–C–C–N with tert-alkyl or cyclic N) is 1. The van der Waals surface area contributed by atoms with Crippen molar-refractivity contribution in [2.24, 2.45) is 5.41 Å². The normalized spacial score (nSPS) is 30.7. The minimum absolute atomic E-state index is 0.00350.